The van der Waals surface area contributed by atoms with Crippen LogP contribution >= 0.6 is 0 Å². The van der Waals surface area contributed by atoms with E-state index in [2.05, 4.69) is 5.32 Å². The lowest BCUT2D eigenvalue weighted by molar-refractivity contribution is -0.154. The van der Waals surface area contributed by atoms with Crippen molar-refractivity contribution >= 4 is 11.9 Å². The van der Waals surface area contributed by atoms with E-state index >= 15 is 0 Å². The van der Waals surface area contributed by atoms with Gasteiger partial charge >= 0.3 is 5.97 Å². The highest BCUT2D eigenvalue weighted by molar-refractivity contribution is 5.84. The van der Waals surface area contributed by atoms with Gasteiger partial charge in [0.2, 0.25) is 0 Å². The monoisotopic (exact) mass is 307 g/mol. The molecule has 0 heterocycles. The SMILES string of the molecule is CC(OC(=O)Cc1ccc(F)cc1)C(=O)NC1CCCCC1. The van der Waals surface area contributed by atoms with Gasteiger partial charge in [-0.3, -0.25) is 9.59 Å². The summed E-state index contributed by atoms with van der Waals surface area (Å²) in [4.78, 5) is 23.8. The number of hydrogen-bond donors (Lipinski definition) is 1. The predicted octanol–water partition coefficient (Wildman–Crippen LogP) is 2.75. The summed E-state index contributed by atoms with van der Waals surface area (Å²) in [6, 6.07) is 5.84. The Kier molecular flexibility index (Phi) is 5.92. The van der Waals surface area contributed by atoms with Gasteiger partial charge in [-0.1, -0.05) is 31.4 Å². The van der Waals surface area contributed by atoms with Crippen LogP contribution in [0.4, 0.5) is 4.39 Å². The van der Waals surface area contributed by atoms with E-state index in [0.717, 1.165) is 25.7 Å². The standard InChI is InChI=1S/C17H22FNO3/c1-12(17(21)19-15-5-3-2-4-6-15)22-16(20)11-13-7-9-14(18)10-8-13/h7-10,12,15H,2-6,11H2,1H3,(H,19,21). The van der Waals surface area contributed by atoms with Crippen molar-refractivity contribution in [2.45, 2.75) is 57.6 Å². The van der Waals surface area contributed by atoms with Crippen molar-refractivity contribution in [1.82, 2.24) is 5.32 Å². The molecule has 1 aliphatic rings. The van der Waals surface area contributed by atoms with Crippen LogP contribution in [-0.2, 0) is 20.7 Å². The fourth-order valence-electron chi connectivity index (χ4n) is 2.63. The Labute approximate surface area is 130 Å². The lowest BCUT2D eigenvalue weighted by Crippen LogP contribution is -2.42. The molecule has 1 saturated carbocycles. The van der Waals surface area contributed by atoms with Crippen LogP contribution in [0.3, 0.4) is 0 Å². The van der Waals surface area contributed by atoms with E-state index in [1.165, 1.54) is 30.7 Å². The molecule has 5 heteroatoms. The van der Waals surface area contributed by atoms with Crippen LogP contribution in [0.25, 0.3) is 0 Å². The highest BCUT2D eigenvalue weighted by Crippen LogP contribution is 2.17. The number of nitrogens with one attached hydrogen (secondary N) is 1. The van der Waals surface area contributed by atoms with Gasteiger partial charge in [-0.2, -0.15) is 0 Å². The summed E-state index contributed by atoms with van der Waals surface area (Å²) in [6.45, 7) is 1.57. The highest BCUT2D eigenvalue weighted by Gasteiger charge is 2.22. The minimum atomic E-state index is -0.810. The quantitative estimate of drug-likeness (QED) is 0.851. The number of carbonyl (C=O) groups excluding carboxylic acids is 2. The van der Waals surface area contributed by atoms with Crippen molar-refractivity contribution in [3.63, 3.8) is 0 Å². The van der Waals surface area contributed by atoms with Crippen molar-refractivity contribution in [1.29, 1.82) is 0 Å². The van der Waals surface area contributed by atoms with Gasteiger partial charge in [0.05, 0.1) is 6.42 Å². The Bertz CT molecular complexity index is 509. The van der Waals surface area contributed by atoms with Crippen LogP contribution in [0.2, 0.25) is 0 Å². The topological polar surface area (TPSA) is 55.4 Å². The summed E-state index contributed by atoms with van der Waals surface area (Å²) >= 11 is 0. The van der Waals surface area contributed by atoms with E-state index in [-0.39, 0.29) is 24.2 Å². The summed E-state index contributed by atoms with van der Waals surface area (Å²) in [5.41, 5.74) is 0.659. The van der Waals surface area contributed by atoms with Gasteiger partial charge in [0.25, 0.3) is 5.91 Å². The molecule has 0 aromatic heterocycles. The van der Waals surface area contributed by atoms with Crippen LogP contribution in [-0.4, -0.2) is 24.0 Å². The van der Waals surface area contributed by atoms with Crippen LogP contribution in [0, 0.1) is 5.82 Å². The Balaban J connectivity index is 1.77. The third-order valence-corrected chi connectivity index (χ3v) is 3.89. The zero-order chi connectivity index (χ0) is 15.9. The molecule has 22 heavy (non-hydrogen) atoms. The summed E-state index contributed by atoms with van der Waals surface area (Å²) in [5.74, 6) is -1.09. The van der Waals surface area contributed by atoms with Crippen molar-refractivity contribution in [2.75, 3.05) is 0 Å². The largest absolute Gasteiger partial charge is 0.452 e. The first kappa shape index (κ1) is 16.5. The molecule has 120 valence electrons. The number of rotatable bonds is 5. The smallest absolute Gasteiger partial charge is 0.311 e. The van der Waals surface area contributed by atoms with E-state index in [1.54, 1.807) is 6.92 Å². The molecular weight excluding hydrogens is 285 g/mol. The Hall–Kier alpha value is -1.91. The van der Waals surface area contributed by atoms with Crippen molar-refractivity contribution in [3.05, 3.63) is 35.6 Å². The number of esters is 1. The second-order valence-corrected chi connectivity index (χ2v) is 5.78. The summed E-state index contributed by atoms with van der Waals surface area (Å²) in [6.07, 6.45) is 4.67. The van der Waals surface area contributed by atoms with Gasteiger partial charge in [-0.05, 0) is 37.5 Å². The maximum absolute atomic E-state index is 12.8. The number of amides is 1. The summed E-state index contributed by atoms with van der Waals surface area (Å²) in [7, 11) is 0. The van der Waals surface area contributed by atoms with E-state index < -0.39 is 12.1 Å². The number of halogens is 1. The zero-order valence-electron chi connectivity index (χ0n) is 12.8. The third-order valence-electron chi connectivity index (χ3n) is 3.89. The second kappa shape index (κ2) is 7.92. The first-order valence-corrected chi connectivity index (χ1v) is 7.79. The molecule has 0 saturated heterocycles. The molecule has 0 radical (unpaired) electrons. The van der Waals surface area contributed by atoms with Crippen molar-refractivity contribution < 1.29 is 18.7 Å². The molecule has 1 amide bonds. The maximum Gasteiger partial charge on any atom is 0.311 e. The third kappa shape index (κ3) is 5.13. The zero-order valence-corrected chi connectivity index (χ0v) is 12.8. The van der Waals surface area contributed by atoms with E-state index in [1.807, 2.05) is 0 Å². The molecule has 4 nitrogen and oxygen atoms in total. The van der Waals surface area contributed by atoms with Gasteiger partial charge < -0.3 is 10.1 Å². The van der Waals surface area contributed by atoms with E-state index in [0.29, 0.717) is 5.56 Å². The molecular formula is C17H22FNO3. The minimum absolute atomic E-state index is 0.0291. The van der Waals surface area contributed by atoms with Crippen LogP contribution in [0.15, 0.2) is 24.3 Å². The lowest BCUT2D eigenvalue weighted by Gasteiger charge is -2.24. The van der Waals surface area contributed by atoms with Crippen LogP contribution in [0.1, 0.15) is 44.6 Å². The second-order valence-electron chi connectivity index (χ2n) is 5.78. The molecule has 1 aromatic carbocycles. The number of hydrogen-bond acceptors (Lipinski definition) is 3. The average molecular weight is 307 g/mol. The van der Waals surface area contributed by atoms with Crippen molar-refractivity contribution in [3.8, 4) is 0 Å². The van der Waals surface area contributed by atoms with Crippen LogP contribution < -0.4 is 5.32 Å². The number of ether oxygens (including phenoxy) is 1. The Morgan fingerprint density at radius 3 is 2.50 bits per heavy atom. The molecule has 2 rings (SSSR count). The fourth-order valence-corrected chi connectivity index (χ4v) is 2.63. The number of carbonyl (C=O) groups is 2. The van der Waals surface area contributed by atoms with Gasteiger partial charge in [0.15, 0.2) is 6.10 Å². The molecule has 0 spiro atoms. The Morgan fingerprint density at radius 1 is 1.23 bits per heavy atom. The molecule has 1 aliphatic carbocycles. The average Bonchev–Trinajstić information content (AvgIpc) is 2.50. The molecule has 1 unspecified atom stereocenters. The first-order chi connectivity index (χ1) is 10.5. The molecule has 0 aliphatic heterocycles. The summed E-state index contributed by atoms with van der Waals surface area (Å²) < 4.78 is 17.9. The van der Waals surface area contributed by atoms with Crippen LogP contribution in [0.5, 0.6) is 0 Å². The highest BCUT2D eigenvalue weighted by atomic mass is 19.1. The van der Waals surface area contributed by atoms with Gasteiger partial charge in [0.1, 0.15) is 5.82 Å². The Morgan fingerprint density at radius 2 is 1.86 bits per heavy atom. The lowest BCUT2D eigenvalue weighted by atomic mass is 9.95. The molecule has 1 fully saturated rings. The molecule has 0 bridgehead atoms. The number of benzene rings is 1. The predicted molar refractivity (Wildman–Crippen MR) is 80.7 cm³/mol. The van der Waals surface area contributed by atoms with E-state index in [9.17, 15) is 14.0 Å². The van der Waals surface area contributed by atoms with Gasteiger partial charge in [-0.15, -0.1) is 0 Å². The summed E-state index contributed by atoms with van der Waals surface area (Å²) in [5, 5.41) is 2.93. The maximum atomic E-state index is 12.8. The van der Waals surface area contributed by atoms with E-state index in [4.69, 9.17) is 4.74 Å². The normalized spacial score (nSPS) is 16.8. The fraction of sp³-hybridized carbons (Fsp3) is 0.529. The van der Waals surface area contributed by atoms with Crippen molar-refractivity contribution in [2.24, 2.45) is 0 Å². The van der Waals surface area contributed by atoms with Gasteiger partial charge in [-0.25, -0.2) is 4.39 Å². The minimum Gasteiger partial charge on any atom is -0.452 e. The van der Waals surface area contributed by atoms with Gasteiger partial charge in [0, 0.05) is 6.04 Å². The first-order valence-electron chi connectivity index (χ1n) is 7.79. The molecule has 1 N–H and O–H groups in total. The molecule has 1 aromatic rings. The molecule has 1 atom stereocenters.